The quantitative estimate of drug-likeness (QED) is 0.342. The lowest BCUT2D eigenvalue weighted by Crippen LogP contribution is -2.20. The van der Waals surface area contributed by atoms with Crippen molar-refractivity contribution in [2.45, 2.75) is 0 Å². The van der Waals surface area contributed by atoms with Gasteiger partial charge in [-0.05, 0) is 42.5 Å². The number of non-ortho nitro benzene ring substituents is 1. The first-order valence-corrected chi connectivity index (χ1v) is 8.79. The first kappa shape index (κ1) is 19.3. The van der Waals surface area contributed by atoms with Gasteiger partial charge >= 0.3 is 5.97 Å². The Kier molecular flexibility index (Phi) is 5.85. The van der Waals surface area contributed by atoms with Crippen LogP contribution in [-0.2, 0) is 9.53 Å². The van der Waals surface area contributed by atoms with Gasteiger partial charge in [-0.2, -0.15) is 0 Å². The Morgan fingerprint density at radius 2 is 1.86 bits per heavy atom. The lowest BCUT2D eigenvalue weighted by Gasteiger charge is -2.06. The van der Waals surface area contributed by atoms with Gasteiger partial charge in [0.1, 0.15) is 5.76 Å². The van der Waals surface area contributed by atoms with Crippen LogP contribution in [0.3, 0.4) is 0 Å². The highest BCUT2D eigenvalue weighted by molar-refractivity contribution is 9.10. The topological polar surface area (TPSA) is 112 Å². The van der Waals surface area contributed by atoms with Crippen LogP contribution < -0.4 is 5.32 Å². The van der Waals surface area contributed by atoms with E-state index in [4.69, 9.17) is 9.15 Å². The number of amides is 1. The van der Waals surface area contributed by atoms with Crippen LogP contribution in [0.4, 0.5) is 11.4 Å². The summed E-state index contributed by atoms with van der Waals surface area (Å²) in [6, 6.07) is 15.6. The van der Waals surface area contributed by atoms with Crippen molar-refractivity contribution in [1.29, 1.82) is 0 Å². The molecule has 0 unspecified atom stereocenters. The molecule has 1 amide bonds. The summed E-state index contributed by atoms with van der Waals surface area (Å²) >= 11 is 3.29. The Hall–Kier alpha value is -3.46. The highest BCUT2D eigenvalue weighted by atomic mass is 79.9. The summed E-state index contributed by atoms with van der Waals surface area (Å²) in [6.07, 6.45) is 0. The fourth-order valence-electron chi connectivity index (χ4n) is 2.32. The van der Waals surface area contributed by atoms with Crippen molar-refractivity contribution >= 4 is 39.2 Å². The van der Waals surface area contributed by atoms with Crippen LogP contribution in [0.5, 0.6) is 0 Å². The fraction of sp³-hybridized carbons (Fsp3) is 0.0526. The molecule has 0 radical (unpaired) electrons. The zero-order valence-corrected chi connectivity index (χ0v) is 15.8. The van der Waals surface area contributed by atoms with Crippen molar-refractivity contribution in [3.63, 3.8) is 0 Å². The molecule has 8 nitrogen and oxygen atoms in total. The zero-order valence-electron chi connectivity index (χ0n) is 14.3. The molecule has 0 saturated carbocycles. The summed E-state index contributed by atoms with van der Waals surface area (Å²) in [5.41, 5.74) is 1.08. The number of hydrogen-bond acceptors (Lipinski definition) is 6. The van der Waals surface area contributed by atoms with Crippen molar-refractivity contribution in [3.05, 3.63) is 81.0 Å². The van der Waals surface area contributed by atoms with Crippen molar-refractivity contribution in [2.24, 2.45) is 0 Å². The van der Waals surface area contributed by atoms with Gasteiger partial charge in [-0.25, -0.2) is 4.79 Å². The number of anilines is 1. The molecule has 0 aliphatic carbocycles. The largest absolute Gasteiger partial charge is 0.450 e. The van der Waals surface area contributed by atoms with Gasteiger partial charge in [0, 0.05) is 27.9 Å². The van der Waals surface area contributed by atoms with Crippen LogP contribution in [0.15, 0.2) is 69.6 Å². The number of carbonyl (C=O) groups excluding carboxylic acids is 2. The number of benzene rings is 2. The molecule has 1 N–H and O–H groups in total. The van der Waals surface area contributed by atoms with Crippen molar-refractivity contribution in [2.75, 3.05) is 11.9 Å². The standard InChI is InChI=1S/C19H13BrN2O6/c20-13-2-1-3-14(10-13)21-18(23)11-27-19(24)17-9-8-16(28-17)12-4-6-15(7-5-12)22(25)26/h1-10H,11H2,(H,21,23). The molecule has 0 aliphatic rings. The van der Waals surface area contributed by atoms with Gasteiger partial charge in [-0.1, -0.05) is 22.0 Å². The summed E-state index contributed by atoms with van der Waals surface area (Å²) in [7, 11) is 0. The number of nitrogens with one attached hydrogen (secondary N) is 1. The van der Waals surface area contributed by atoms with Crippen LogP contribution in [0.1, 0.15) is 10.6 Å². The van der Waals surface area contributed by atoms with Crippen LogP contribution in [0.25, 0.3) is 11.3 Å². The van der Waals surface area contributed by atoms with E-state index in [0.717, 1.165) is 4.47 Å². The molecular formula is C19H13BrN2O6. The molecule has 0 fully saturated rings. The second kappa shape index (κ2) is 8.49. The Bertz CT molecular complexity index is 1030. The Morgan fingerprint density at radius 1 is 1.11 bits per heavy atom. The van der Waals surface area contributed by atoms with E-state index in [1.165, 1.54) is 30.3 Å². The lowest BCUT2D eigenvalue weighted by atomic mass is 10.1. The average Bonchev–Trinajstić information content (AvgIpc) is 3.16. The minimum atomic E-state index is -0.794. The van der Waals surface area contributed by atoms with E-state index in [2.05, 4.69) is 21.2 Å². The number of nitrogens with zero attached hydrogens (tertiary/aromatic N) is 1. The first-order valence-electron chi connectivity index (χ1n) is 7.99. The van der Waals surface area contributed by atoms with Crippen molar-refractivity contribution < 1.29 is 23.7 Å². The third-order valence-electron chi connectivity index (χ3n) is 3.61. The van der Waals surface area contributed by atoms with E-state index in [0.29, 0.717) is 17.0 Å². The van der Waals surface area contributed by atoms with Crippen LogP contribution in [0, 0.1) is 10.1 Å². The number of halogens is 1. The molecule has 3 aromatic rings. The highest BCUT2D eigenvalue weighted by Gasteiger charge is 2.16. The molecule has 0 atom stereocenters. The van der Waals surface area contributed by atoms with E-state index >= 15 is 0 Å². The van der Waals surface area contributed by atoms with E-state index < -0.39 is 23.4 Å². The predicted molar refractivity (Wildman–Crippen MR) is 104 cm³/mol. The maximum atomic E-state index is 12.1. The normalized spacial score (nSPS) is 10.3. The molecule has 1 heterocycles. The van der Waals surface area contributed by atoms with E-state index in [-0.39, 0.29) is 11.4 Å². The first-order chi connectivity index (χ1) is 13.4. The molecule has 142 valence electrons. The summed E-state index contributed by atoms with van der Waals surface area (Å²) in [5, 5.41) is 13.3. The van der Waals surface area contributed by atoms with E-state index in [1.807, 2.05) is 6.07 Å². The second-order valence-electron chi connectivity index (χ2n) is 5.60. The van der Waals surface area contributed by atoms with Crippen LogP contribution in [-0.4, -0.2) is 23.4 Å². The maximum absolute atomic E-state index is 12.1. The highest BCUT2D eigenvalue weighted by Crippen LogP contribution is 2.25. The summed E-state index contributed by atoms with van der Waals surface area (Å²) in [4.78, 5) is 34.1. The molecule has 28 heavy (non-hydrogen) atoms. The molecule has 9 heteroatoms. The molecule has 0 bridgehead atoms. The van der Waals surface area contributed by atoms with Gasteiger partial charge in [-0.15, -0.1) is 0 Å². The second-order valence-corrected chi connectivity index (χ2v) is 6.52. The summed E-state index contributed by atoms with van der Waals surface area (Å²) in [6.45, 7) is -0.473. The number of esters is 1. The molecule has 0 saturated heterocycles. The van der Waals surface area contributed by atoms with E-state index in [9.17, 15) is 19.7 Å². The molecule has 1 aromatic heterocycles. The number of furan rings is 1. The lowest BCUT2D eigenvalue weighted by molar-refractivity contribution is -0.384. The number of ether oxygens (including phenoxy) is 1. The number of hydrogen-bond donors (Lipinski definition) is 1. The third-order valence-corrected chi connectivity index (χ3v) is 4.11. The minimum Gasteiger partial charge on any atom is -0.450 e. The SMILES string of the molecule is O=C(COC(=O)c1ccc(-c2ccc([N+](=O)[O-])cc2)o1)Nc1cccc(Br)c1. The van der Waals surface area contributed by atoms with Crippen LogP contribution >= 0.6 is 15.9 Å². The number of nitro benzene ring substituents is 1. The number of carbonyl (C=O) groups is 2. The predicted octanol–water partition coefficient (Wildman–Crippen LogP) is 4.41. The fourth-order valence-corrected chi connectivity index (χ4v) is 2.71. The van der Waals surface area contributed by atoms with Gasteiger partial charge in [0.15, 0.2) is 6.61 Å². The third kappa shape index (κ3) is 4.83. The summed E-state index contributed by atoms with van der Waals surface area (Å²) in [5.74, 6) is -1.02. The Morgan fingerprint density at radius 3 is 2.54 bits per heavy atom. The molecule has 2 aromatic carbocycles. The van der Waals surface area contributed by atoms with E-state index in [1.54, 1.807) is 24.3 Å². The smallest absolute Gasteiger partial charge is 0.374 e. The van der Waals surface area contributed by atoms with Gasteiger partial charge in [-0.3, -0.25) is 14.9 Å². The molecular weight excluding hydrogens is 432 g/mol. The summed E-state index contributed by atoms with van der Waals surface area (Å²) < 4.78 is 11.2. The van der Waals surface area contributed by atoms with Gasteiger partial charge in [0.2, 0.25) is 5.76 Å². The maximum Gasteiger partial charge on any atom is 0.374 e. The number of rotatable bonds is 6. The monoisotopic (exact) mass is 444 g/mol. The Balaban J connectivity index is 1.58. The molecule has 0 spiro atoms. The van der Waals surface area contributed by atoms with Gasteiger partial charge < -0.3 is 14.5 Å². The average molecular weight is 445 g/mol. The molecule has 0 aliphatic heterocycles. The van der Waals surface area contributed by atoms with Crippen molar-refractivity contribution in [1.82, 2.24) is 0 Å². The Labute approximate surface area is 167 Å². The van der Waals surface area contributed by atoms with Crippen molar-refractivity contribution in [3.8, 4) is 11.3 Å². The van der Waals surface area contributed by atoms with Gasteiger partial charge in [0.25, 0.3) is 11.6 Å². The number of nitro groups is 1. The zero-order chi connectivity index (χ0) is 20.1. The minimum absolute atomic E-state index is 0.0496. The van der Waals surface area contributed by atoms with Crippen LogP contribution in [0.2, 0.25) is 0 Å². The molecule has 3 rings (SSSR count). The van der Waals surface area contributed by atoms with Gasteiger partial charge in [0.05, 0.1) is 4.92 Å².